The molecule has 0 nitrogen and oxygen atoms in total. The van der Waals surface area contributed by atoms with Crippen LogP contribution in [-0.4, -0.2) is 0 Å². The molecule has 0 aromatic carbocycles. The molecule has 0 bridgehead atoms. The topological polar surface area (TPSA) is 0 Å². The van der Waals surface area contributed by atoms with E-state index in [0.29, 0.717) is 0 Å². The second-order valence-corrected chi connectivity index (χ2v) is 1.000. The van der Waals surface area contributed by atoms with Crippen molar-refractivity contribution in [3.63, 3.8) is 0 Å². The van der Waals surface area contributed by atoms with Crippen LogP contribution >= 0.6 is 0 Å². The predicted molar refractivity (Wildman–Crippen MR) is 23.5 cm³/mol. The molecular weight excluding hydrogens is 60.1 g/mol. The summed E-state index contributed by atoms with van der Waals surface area (Å²) in [5.41, 5.74) is 0. The molecule has 0 amide bonds. The lowest BCUT2D eigenvalue weighted by Crippen LogP contribution is -1.61. The van der Waals surface area contributed by atoms with Crippen molar-refractivity contribution >= 4 is 0 Å². The van der Waals surface area contributed by atoms with E-state index in [1.54, 1.807) is 0 Å². The van der Waals surface area contributed by atoms with Crippen molar-refractivity contribution in [2.75, 3.05) is 0 Å². The quantitative estimate of drug-likeness (QED) is 0.463. The van der Waals surface area contributed by atoms with E-state index in [4.69, 9.17) is 0 Å². The van der Waals surface area contributed by atoms with Gasteiger partial charge in [-0.1, -0.05) is 13.3 Å². The first-order valence-corrected chi connectivity index (χ1v) is 1.91. The maximum atomic E-state index is 3.43. The van der Waals surface area contributed by atoms with Crippen LogP contribution in [0.3, 0.4) is 0 Å². The second kappa shape index (κ2) is 4.00. The Labute approximate surface area is 34.2 Å². The molecule has 0 atom stereocenters. The van der Waals surface area contributed by atoms with E-state index in [1.807, 2.05) is 0 Å². The van der Waals surface area contributed by atoms with E-state index in [9.17, 15) is 0 Å². The van der Waals surface area contributed by atoms with E-state index in [-0.39, 0.29) is 0 Å². The molecule has 3 radical (unpaired) electrons. The Morgan fingerprint density at radius 2 is 2.40 bits per heavy atom. The SMILES string of the molecule is [CH2][C]CCC. The Bertz CT molecular complexity index is 7.51. The largest absolute Gasteiger partial charge is 0.0654 e. The van der Waals surface area contributed by atoms with Gasteiger partial charge in [0.15, 0.2) is 0 Å². The summed E-state index contributed by atoms with van der Waals surface area (Å²) in [6.45, 7) is 5.53. The van der Waals surface area contributed by atoms with Gasteiger partial charge in [-0.25, -0.2) is 0 Å². The Kier molecular flexibility index (Phi) is 4.00. The highest BCUT2D eigenvalue weighted by Crippen LogP contribution is 1.86. The molecule has 0 rings (SSSR count). The van der Waals surface area contributed by atoms with Gasteiger partial charge >= 0.3 is 0 Å². The molecule has 0 aliphatic carbocycles. The van der Waals surface area contributed by atoms with Gasteiger partial charge in [-0.2, -0.15) is 0 Å². The number of hydrogen-bond acceptors (Lipinski definition) is 0. The maximum absolute atomic E-state index is 3.43. The smallest absolute Gasteiger partial charge is 0.0173 e. The first-order chi connectivity index (χ1) is 2.41. The zero-order valence-electron chi connectivity index (χ0n) is 3.62. The molecule has 0 aromatic rings. The van der Waals surface area contributed by atoms with Crippen molar-refractivity contribution in [1.29, 1.82) is 0 Å². The Morgan fingerprint density at radius 1 is 1.80 bits per heavy atom. The van der Waals surface area contributed by atoms with Crippen molar-refractivity contribution in [3.05, 3.63) is 13.3 Å². The lowest BCUT2D eigenvalue weighted by atomic mass is 10.3. The molecule has 0 aliphatic rings. The first-order valence-electron chi connectivity index (χ1n) is 1.91. The molecule has 0 heteroatoms. The Balaban J connectivity index is 2.19. The summed E-state index contributed by atoms with van der Waals surface area (Å²) in [7, 11) is 0. The van der Waals surface area contributed by atoms with Gasteiger partial charge in [-0.15, -0.1) is 0 Å². The van der Waals surface area contributed by atoms with Gasteiger partial charge in [-0.3, -0.25) is 0 Å². The summed E-state index contributed by atoms with van der Waals surface area (Å²) in [6, 6.07) is 0. The molecule has 0 saturated carbocycles. The Hall–Kier alpha value is 0. The standard InChI is InChI=1S/C5H9/c1-3-5-4-2/h1,4-5H2,2H3. The van der Waals surface area contributed by atoms with E-state index in [0.717, 1.165) is 6.42 Å². The normalized spacial score (nSPS) is 8.40. The van der Waals surface area contributed by atoms with E-state index >= 15 is 0 Å². The molecule has 0 aliphatic heterocycles. The molecule has 29 valence electrons. The summed E-state index contributed by atoms with van der Waals surface area (Å²) in [4.78, 5) is 0. The summed E-state index contributed by atoms with van der Waals surface area (Å²) in [6.07, 6.45) is 4.97. The minimum atomic E-state index is 1.03. The average molecular weight is 69.1 g/mol. The third-order valence-electron chi connectivity index (χ3n) is 0.427. The van der Waals surface area contributed by atoms with Crippen LogP contribution in [0.2, 0.25) is 0 Å². The van der Waals surface area contributed by atoms with Crippen molar-refractivity contribution < 1.29 is 0 Å². The van der Waals surface area contributed by atoms with Crippen LogP contribution in [0.15, 0.2) is 0 Å². The van der Waals surface area contributed by atoms with E-state index in [2.05, 4.69) is 20.3 Å². The molecule has 0 heterocycles. The van der Waals surface area contributed by atoms with E-state index < -0.39 is 0 Å². The zero-order valence-corrected chi connectivity index (χ0v) is 3.62. The van der Waals surface area contributed by atoms with Crippen LogP contribution in [0.4, 0.5) is 0 Å². The van der Waals surface area contributed by atoms with Crippen LogP contribution in [0.25, 0.3) is 0 Å². The summed E-state index contributed by atoms with van der Waals surface area (Å²) in [5, 5.41) is 0. The zero-order chi connectivity index (χ0) is 4.12. The highest BCUT2D eigenvalue weighted by molar-refractivity contribution is 4.63. The maximum Gasteiger partial charge on any atom is -0.0173 e. The van der Waals surface area contributed by atoms with Gasteiger partial charge in [0.05, 0.1) is 0 Å². The molecular formula is C5H9. The monoisotopic (exact) mass is 69.1 g/mol. The Morgan fingerprint density at radius 3 is 2.40 bits per heavy atom. The fourth-order valence-electron chi connectivity index (χ4n) is 0.177. The summed E-state index contributed by atoms with van der Waals surface area (Å²) >= 11 is 0. The highest BCUT2D eigenvalue weighted by Gasteiger charge is 1.69. The summed E-state index contributed by atoms with van der Waals surface area (Å²) in [5.74, 6) is 0. The third-order valence-corrected chi connectivity index (χ3v) is 0.427. The lowest BCUT2D eigenvalue weighted by molar-refractivity contribution is 0.922. The van der Waals surface area contributed by atoms with Gasteiger partial charge < -0.3 is 0 Å². The molecule has 0 spiro atoms. The number of hydrogen-bond donors (Lipinski definition) is 0. The molecule has 0 N–H and O–H groups in total. The summed E-state index contributed by atoms with van der Waals surface area (Å²) < 4.78 is 0. The van der Waals surface area contributed by atoms with Gasteiger partial charge in [0.25, 0.3) is 0 Å². The first kappa shape index (κ1) is 5.00. The highest BCUT2D eigenvalue weighted by atomic mass is 13.7. The van der Waals surface area contributed by atoms with Crippen LogP contribution < -0.4 is 0 Å². The number of unbranched alkanes of at least 4 members (excludes halogenated alkanes) is 2. The fourth-order valence-corrected chi connectivity index (χ4v) is 0.177. The van der Waals surface area contributed by atoms with Gasteiger partial charge in [0.1, 0.15) is 0 Å². The van der Waals surface area contributed by atoms with E-state index in [1.165, 1.54) is 6.42 Å². The minimum absolute atomic E-state index is 1.03. The molecule has 5 heavy (non-hydrogen) atoms. The van der Waals surface area contributed by atoms with Crippen LogP contribution in [0.5, 0.6) is 0 Å². The van der Waals surface area contributed by atoms with Crippen molar-refractivity contribution in [3.8, 4) is 0 Å². The lowest BCUT2D eigenvalue weighted by Gasteiger charge is -1.77. The molecule has 0 unspecified atom stereocenters. The van der Waals surface area contributed by atoms with Gasteiger partial charge in [0, 0.05) is 0 Å². The predicted octanol–water partition coefficient (Wildman–Crippen LogP) is 1.70. The molecule has 0 saturated heterocycles. The van der Waals surface area contributed by atoms with Crippen molar-refractivity contribution in [2.45, 2.75) is 19.8 Å². The van der Waals surface area contributed by atoms with Gasteiger partial charge in [-0.05, 0) is 19.8 Å². The van der Waals surface area contributed by atoms with Gasteiger partial charge in [0.2, 0.25) is 0 Å². The third kappa shape index (κ3) is 4.00. The van der Waals surface area contributed by atoms with Crippen LogP contribution in [0.1, 0.15) is 19.8 Å². The average Bonchev–Trinajstić information content (AvgIpc) is 1.41. The molecule has 0 aromatic heterocycles. The van der Waals surface area contributed by atoms with Crippen LogP contribution in [-0.2, 0) is 0 Å². The van der Waals surface area contributed by atoms with Crippen molar-refractivity contribution in [1.82, 2.24) is 0 Å². The second-order valence-electron chi connectivity index (χ2n) is 1.000. The fraction of sp³-hybridized carbons (Fsp3) is 0.600. The van der Waals surface area contributed by atoms with Crippen molar-refractivity contribution in [2.24, 2.45) is 0 Å². The van der Waals surface area contributed by atoms with Crippen LogP contribution in [0, 0.1) is 13.3 Å². The number of rotatable bonds is 2. The molecule has 0 fully saturated rings. The minimum Gasteiger partial charge on any atom is -0.0654 e.